The van der Waals surface area contributed by atoms with Crippen LogP contribution in [0.4, 0.5) is 17.6 Å². The Kier molecular flexibility index (Phi) is 5.58. The average molecular weight is 406 g/mol. The van der Waals surface area contributed by atoms with Gasteiger partial charge in [0.1, 0.15) is 11.6 Å². The summed E-state index contributed by atoms with van der Waals surface area (Å²) in [5.74, 6) is 0.935. The van der Waals surface area contributed by atoms with Gasteiger partial charge in [-0.2, -0.15) is 0 Å². The molecular weight excluding hydrogens is 380 g/mol. The number of fused-ring (bicyclic) bond motifs is 1. The topological polar surface area (TPSA) is 9.23 Å². The van der Waals surface area contributed by atoms with Crippen LogP contribution in [0.1, 0.15) is 73.1 Å². The first-order chi connectivity index (χ1) is 13.8. The van der Waals surface area contributed by atoms with Crippen molar-refractivity contribution in [3.8, 4) is 5.75 Å². The molecule has 2 aliphatic rings. The Balaban J connectivity index is 1.48. The van der Waals surface area contributed by atoms with Crippen LogP contribution in [-0.2, 0) is 12.8 Å². The van der Waals surface area contributed by atoms with Crippen LogP contribution in [-0.4, -0.2) is 6.36 Å². The first-order valence-electron chi connectivity index (χ1n) is 10.5. The van der Waals surface area contributed by atoms with Gasteiger partial charge in [0, 0.05) is 0 Å². The molecule has 1 fully saturated rings. The molecule has 1 nitrogen and oxygen atoms in total. The minimum atomic E-state index is -4.69. The Labute approximate surface area is 169 Å². The number of halogens is 4. The first-order valence-corrected chi connectivity index (χ1v) is 10.5. The van der Waals surface area contributed by atoms with Crippen LogP contribution in [0.15, 0.2) is 36.4 Å². The van der Waals surface area contributed by atoms with Crippen molar-refractivity contribution in [2.45, 2.75) is 70.1 Å². The number of alkyl halides is 3. The molecule has 0 amide bonds. The summed E-state index contributed by atoms with van der Waals surface area (Å²) in [5, 5.41) is 0. The smallest absolute Gasteiger partial charge is 0.406 e. The zero-order valence-electron chi connectivity index (χ0n) is 16.6. The van der Waals surface area contributed by atoms with E-state index in [0.717, 1.165) is 47.4 Å². The van der Waals surface area contributed by atoms with Crippen LogP contribution >= 0.6 is 0 Å². The number of hydrogen-bond donors (Lipinski definition) is 0. The molecule has 4 rings (SSSR count). The van der Waals surface area contributed by atoms with Crippen molar-refractivity contribution in [3.63, 3.8) is 0 Å². The fraction of sp³-hybridized carbons (Fsp3) is 0.500. The molecule has 1 atom stereocenters. The Hall–Kier alpha value is -2.04. The van der Waals surface area contributed by atoms with E-state index >= 15 is 0 Å². The highest BCUT2D eigenvalue weighted by Crippen LogP contribution is 2.39. The summed E-state index contributed by atoms with van der Waals surface area (Å²) in [4.78, 5) is 0. The minimum absolute atomic E-state index is 0.0531. The van der Waals surface area contributed by atoms with Crippen LogP contribution in [0.25, 0.3) is 0 Å². The molecule has 0 heterocycles. The molecule has 156 valence electrons. The normalized spacial score (nSPS) is 24.8. The van der Waals surface area contributed by atoms with Crippen molar-refractivity contribution in [1.82, 2.24) is 0 Å². The van der Waals surface area contributed by atoms with Gasteiger partial charge in [-0.15, -0.1) is 13.2 Å². The monoisotopic (exact) mass is 406 g/mol. The van der Waals surface area contributed by atoms with Gasteiger partial charge in [0.15, 0.2) is 0 Å². The number of rotatable bonds is 3. The number of benzene rings is 2. The van der Waals surface area contributed by atoms with Gasteiger partial charge >= 0.3 is 6.36 Å². The van der Waals surface area contributed by atoms with Gasteiger partial charge in [-0.25, -0.2) is 4.39 Å². The summed E-state index contributed by atoms with van der Waals surface area (Å²) >= 11 is 0. The van der Waals surface area contributed by atoms with Gasteiger partial charge < -0.3 is 4.74 Å². The highest BCUT2D eigenvalue weighted by molar-refractivity contribution is 5.40. The summed E-state index contributed by atoms with van der Waals surface area (Å²) in [6, 6.07) is 10.2. The second-order valence-corrected chi connectivity index (χ2v) is 8.66. The van der Waals surface area contributed by atoms with Gasteiger partial charge in [0.2, 0.25) is 0 Å². The van der Waals surface area contributed by atoms with E-state index in [1.54, 1.807) is 12.1 Å². The van der Waals surface area contributed by atoms with Crippen LogP contribution in [0.5, 0.6) is 5.75 Å². The molecule has 1 saturated carbocycles. The van der Waals surface area contributed by atoms with Crippen LogP contribution in [0.2, 0.25) is 0 Å². The molecule has 0 saturated heterocycles. The maximum absolute atomic E-state index is 14.9. The van der Waals surface area contributed by atoms with E-state index in [9.17, 15) is 17.6 Å². The van der Waals surface area contributed by atoms with Crippen LogP contribution < -0.4 is 4.74 Å². The predicted molar refractivity (Wildman–Crippen MR) is 105 cm³/mol. The SMILES string of the molecule is CC1CCC(c2ccc(C3CCc4cc(OC(F)(F)F)ccc4C3)c(F)c2)CC1. The van der Waals surface area contributed by atoms with Crippen molar-refractivity contribution < 1.29 is 22.3 Å². The van der Waals surface area contributed by atoms with Crippen molar-refractivity contribution in [1.29, 1.82) is 0 Å². The van der Waals surface area contributed by atoms with Gasteiger partial charge in [0.05, 0.1) is 0 Å². The third-order valence-electron chi connectivity index (χ3n) is 6.59. The van der Waals surface area contributed by atoms with E-state index in [2.05, 4.69) is 17.7 Å². The van der Waals surface area contributed by atoms with E-state index < -0.39 is 6.36 Å². The van der Waals surface area contributed by atoms with Gasteiger partial charge in [0.25, 0.3) is 0 Å². The maximum Gasteiger partial charge on any atom is 0.573 e. The highest BCUT2D eigenvalue weighted by Gasteiger charge is 2.32. The van der Waals surface area contributed by atoms with E-state index in [1.165, 1.54) is 25.0 Å². The molecule has 29 heavy (non-hydrogen) atoms. The lowest BCUT2D eigenvalue weighted by atomic mass is 9.77. The molecule has 0 N–H and O–H groups in total. The molecule has 0 bridgehead atoms. The van der Waals surface area contributed by atoms with Crippen LogP contribution in [0, 0.1) is 11.7 Å². The van der Waals surface area contributed by atoms with E-state index in [0.29, 0.717) is 18.8 Å². The summed E-state index contributed by atoms with van der Waals surface area (Å²) < 4.78 is 56.2. The Morgan fingerprint density at radius 1 is 0.862 bits per heavy atom. The summed E-state index contributed by atoms with van der Waals surface area (Å²) in [5.41, 5.74) is 3.65. The van der Waals surface area contributed by atoms with E-state index in [-0.39, 0.29) is 17.5 Å². The quantitative estimate of drug-likeness (QED) is 0.486. The molecule has 5 heteroatoms. The molecule has 1 unspecified atom stereocenters. The standard InChI is InChI=1S/C24H26F4O/c1-15-2-4-16(5-3-15)19-9-11-22(23(25)14-19)20-7-6-18-13-21(29-24(26,27)28)10-8-17(18)12-20/h8-11,13-16,20H,2-7,12H2,1H3. The predicted octanol–water partition coefficient (Wildman–Crippen LogP) is 7.29. The van der Waals surface area contributed by atoms with E-state index in [1.807, 2.05) is 6.07 Å². The molecule has 2 aromatic rings. The molecule has 0 aliphatic heterocycles. The fourth-order valence-corrected chi connectivity index (χ4v) is 4.92. The minimum Gasteiger partial charge on any atom is -0.406 e. The molecule has 2 aliphatic carbocycles. The largest absolute Gasteiger partial charge is 0.573 e. The van der Waals surface area contributed by atoms with Crippen molar-refractivity contribution in [2.24, 2.45) is 5.92 Å². The highest BCUT2D eigenvalue weighted by atomic mass is 19.4. The zero-order valence-corrected chi connectivity index (χ0v) is 16.6. The molecule has 0 radical (unpaired) electrons. The zero-order chi connectivity index (χ0) is 20.6. The molecule has 2 aromatic carbocycles. The summed E-state index contributed by atoms with van der Waals surface area (Å²) in [6.45, 7) is 2.28. The van der Waals surface area contributed by atoms with Gasteiger partial charge in [-0.05, 0) is 90.3 Å². The summed E-state index contributed by atoms with van der Waals surface area (Å²) in [6.07, 6.45) is 1.95. The summed E-state index contributed by atoms with van der Waals surface area (Å²) in [7, 11) is 0. The van der Waals surface area contributed by atoms with Gasteiger partial charge in [-0.3, -0.25) is 0 Å². The third-order valence-corrected chi connectivity index (χ3v) is 6.59. The lowest BCUT2D eigenvalue weighted by Gasteiger charge is -2.28. The number of aryl methyl sites for hydroxylation is 1. The van der Waals surface area contributed by atoms with Crippen molar-refractivity contribution in [2.75, 3.05) is 0 Å². The lowest BCUT2D eigenvalue weighted by molar-refractivity contribution is -0.274. The lowest BCUT2D eigenvalue weighted by Crippen LogP contribution is -2.18. The van der Waals surface area contributed by atoms with Crippen molar-refractivity contribution in [3.05, 3.63) is 64.5 Å². The Bertz CT molecular complexity index is 866. The second-order valence-electron chi connectivity index (χ2n) is 8.66. The van der Waals surface area contributed by atoms with Crippen molar-refractivity contribution >= 4 is 0 Å². The number of hydrogen-bond acceptors (Lipinski definition) is 1. The first kappa shape index (κ1) is 20.2. The molecule has 0 aromatic heterocycles. The second kappa shape index (κ2) is 8.00. The molecule has 0 spiro atoms. The van der Waals surface area contributed by atoms with E-state index in [4.69, 9.17) is 0 Å². The Morgan fingerprint density at radius 2 is 1.62 bits per heavy atom. The average Bonchev–Trinajstić information content (AvgIpc) is 2.67. The Morgan fingerprint density at radius 3 is 2.31 bits per heavy atom. The van der Waals surface area contributed by atoms with Crippen LogP contribution in [0.3, 0.4) is 0 Å². The van der Waals surface area contributed by atoms with Gasteiger partial charge in [-0.1, -0.05) is 38.0 Å². The third kappa shape index (κ3) is 4.76. The number of ether oxygens (including phenoxy) is 1. The fourth-order valence-electron chi connectivity index (χ4n) is 4.92. The molecular formula is C24H26F4O. The maximum atomic E-state index is 14.9.